The van der Waals surface area contributed by atoms with Gasteiger partial charge in [-0.25, -0.2) is 14.4 Å². The van der Waals surface area contributed by atoms with Crippen LogP contribution in [0.25, 0.3) is 0 Å². The van der Waals surface area contributed by atoms with Crippen molar-refractivity contribution >= 4 is 114 Å². The average Bonchev–Trinajstić information content (AvgIpc) is 0.748. The van der Waals surface area contributed by atoms with Crippen LogP contribution in [-0.2, 0) is 82.8 Å². The summed E-state index contributed by atoms with van der Waals surface area (Å²) in [5, 5.41) is 77.7. The molecule has 5 saturated heterocycles. The van der Waals surface area contributed by atoms with Crippen LogP contribution in [0.5, 0.6) is 17.2 Å². The zero-order valence-electron chi connectivity index (χ0n) is 74.4. The summed E-state index contributed by atoms with van der Waals surface area (Å²) in [6, 6.07) is 0.226. The van der Waals surface area contributed by atoms with E-state index in [1.807, 2.05) is 22.6 Å². The van der Waals surface area contributed by atoms with Gasteiger partial charge in [0.1, 0.15) is 61.4 Å². The number of ketones is 1. The number of fused-ring (bicyclic) bond motifs is 2. The predicted octanol–water partition coefficient (Wildman–Crippen LogP) is 3.37. The van der Waals surface area contributed by atoms with Gasteiger partial charge in [0.2, 0.25) is 40.8 Å². The van der Waals surface area contributed by atoms with Crippen LogP contribution in [0.15, 0.2) is 59.3 Å². The van der Waals surface area contributed by atoms with Crippen molar-refractivity contribution in [1.82, 2.24) is 42.3 Å². The molecule has 714 valence electrons. The molecule has 43 heteroatoms. The molecule has 129 heavy (non-hydrogen) atoms. The maximum Gasteiger partial charge on any atom is 0.411 e. The highest BCUT2D eigenvalue weighted by molar-refractivity contribution is 14.1. The van der Waals surface area contributed by atoms with Crippen molar-refractivity contribution in [1.29, 1.82) is 0 Å². The number of hydrogen-bond acceptors (Lipinski definition) is 34. The first-order valence-corrected chi connectivity index (χ1v) is 47.0. The summed E-state index contributed by atoms with van der Waals surface area (Å²) in [6.45, 7) is 14.7. The Morgan fingerprint density at radius 3 is 2.14 bits per heavy atom. The largest absolute Gasteiger partial charge is 0.492 e. The summed E-state index contributed by atoms with van der Waals surface area (Å²) in [5.74, 6) is 8.35. The van der Waals surface area contributed by atoms with Crippen molar-refractivity contribution in [3.63, 3.8) is 0 Å². The minimum atomic E-state index is -2.17. The van der Waals surface area contributed by atoms with Gasteiger partial charge in [-0.15, -0.1) is 0 Å². The average molecular weight is 1980 g/mol. The van der Waals surface area contributed by atoms with E-state index >= 15 is 0 Å². The number of allylic oxidation sites excluding steroid dienone is 3. The first kappa shape index (κ1) is 105. The number of nitrogens with one attached hydrogen (secondary N) is 8. The van der Waals surface area contributed by atoms with E-state index in [4.69, 9.17) is 77.9 Å². The summed E-state index contributed by atoms with van der Waals surface area (Å²) in [7, 11) is 9.75. The third-order valence-corrected chi connectivity index (χ3v) is 28.2. The fourth-order valence-corrected chi connectivity index (χ4v) is 20.1. The van der Waals surface area contributed by atoms with Gasteiger partial charge < -0.3 is 135 Å². The molecule has 2 aliphatic carbocycles. The second-order valence-electron chi connectivity index (χ2n) is 32.1. The van der Waals surface area contributed by atoms with Crippen molar-refractivity contribution in [2.45, 2.75) is 265 Å². The Hall–Kier alpha value is -7.69. The second kappa shape index (κ2) is 50.4. The number of piperidine rings is 1. The second-order valence-corrected chi connectivity index (χ2v) is 37.0. The standard InChI is InChI=1S/C86H122IN11O28S3/c1-14-98(85(111)119-41-49-25-27-50(28-26-49)93-77(105)54(23-21-34-91-83(89)109)94-79(107)65(43(2)3)95-78(106)53(92-48(8)99)22-18-20-33-88)55-42-118-60(39-59(55)113-9)124-74-69(103)66(45(5)121-82(74)123-58-24-17-15-16-19-32-86(112)40-57(101)67(96-84(110)117-13)63(58)52(86)31-37-127-129-51-29-35-90-36-30-51)97-126-61-38-56(100)76(47(7)120-61)128-80(108)62-44(4)64(87)72(75(116-12)71(62)114-10)125-81-70(104)73(115-11)68(102)46(6)122-81/h15-16,25-28,31,43,45-47,51,53-56,58-61,65-66,68-70,73-74,76,81-82,90,97,100,102-104,112H,14,18,20-23,29-30,33-42,88H2,1-13H3,(H,92,99)(H,93,105)(H,94,107)(H,95,106)(H,96,110)(H3,89,91,109)/b16-15?,52-31+/t45-,46+,47-,53+,54+,55+,56+,58+,59+,60+,61+,65+,66-,68+,69+,70-,73-,74-,76-,81+,82+,86+/m1/s1. The molecule has 0 aromatic heterocycles. The number of ether oxygens (including phenoxy) is 13. The highest BCUT2D eigenvalue weighted by Crippen LogP contribution is 2.50. The SMILES string of the molecule is CCN(C(=O)OCc1ccc(NC(=O)[C@H](CCCNC(N)=O)NC(=O)[C@@H](NC(=O)[C@H](CCCCN)NC(C)=O)C(C)C)cc1)[C@H]1CO[C@@H](O[C@H]2[C@H](O[C@H]3C#CC=CC#C[C@]4(O)CC(=O)C(NC(=O)OC)=C3/C4=C\CSSC3CCNCC3)O[C@H](C)[C@@H](NO[C@H]3C[C@H](O)[C@H](SC(=O)c4c(C)c(I)c(O[C@@H]5O[C@@H](C)[C@H](O)[C@@H](OC)[C@H]5O)c(OC)c4OC)[C@@H](C)O3)[C@@H]2O)C[C@@H]1OC. The highest BCUT2D eigenvalue weighted by Gasteiger charge is 2.53. The molecule has 9 rings (SSSR count). The number of benzene rings is 2. The molecule has 0 radical (unpaired) electrons. The lowest BCUT2D eigenvalue weighted by molar-refractivity contribution is -0.337. The number of hydroxylamine groups is 1. The number of aliphatic hydroxyl groups is 5. The van der Waals surface area contributed by atoms with Crippen molar-refractivity contribution in [2.24, 2.45) is 17.4 Å². The van der Waals surface area contributed by atoms with E-state index in [-0.39, 0.29) is 104 Å². The van der Waals surface area contributed by atoms with Gasteiger partial charge in [-0.05, 0) is 163 Å². The van der Waals surface area contributed by atoms with Crippen molar-refractivity contribution in [3.8, 4) is 40.9 Å². The van der Waals surface area contributed by atoms with Crippen LogP contribution in [-0.4, -0.2) is 302 Å². The molecule has 0 unspecified atom stereocenters. The molecule has 2 bridgehead atoms. The van der Waals surface area contributed by atoms with E-state index in [9.17, 15) is 68.7 Å². The number of rotatable bonds is 40. The Morgan fingerprint density at radius 2 is 1.49 bits per heavy atom. The summed E-state index contributed by atoms with van der Waals surface area (Å²) in [6.07, 6.45) is -13.9. The molecule has 5 fully saturated rings. The Bertz CT molecular complexity index is 4420. The summed E-state index contributed by atoms with van der Waals surface area (Å²) >= 11 is 2.76. The number of nitrogens with zero attached hydrogens (tertiary/aromatic N) is 1. The lowest BCUT2D eigenvalue weighted by atomic mass is 9.75. The van der Waals surface area contributed by atoms with Crippen molar-refractivity contribution in [2.75, 3.05) is 85.9 Å². The van der Waals surface area contributed by atoms with Crippen molar-refractivity contribution < 1.29 is 135 Å². The molecule has 39 nitrogen and oxygen atoms in total. The number of carbonyl (C=O) groups excluding carboxylic acids is 9. The van der Waals surface area contributed by atoms with E-state index in [1.54, 1.807) is 89.6 Å². The zero-order valence-corrected chi connectivity index (χ0v) is 79.0. The number of carbonyl (C=O) groups is 9. The van der Waals surface area contributed by atoms with E-state index in [1.165, 1.54) is 63.2 Å². The van der Waals surface area contributed by atoms with Gasteiger partial charge >= 0.3 is 18.2 Å². The lowest BCUT2D eigenvalue weighted by Crippen LogP contribution is -2.65. The van der Waals surface area contributed by atoms with Crippen LogP contribution < -0.4 is 68.4 Å². The fraction of sp³-hybridized carbons (Fsp3) is 0.640. The summed E-state index contributed by atoms with van der Waals surface area (Å²) in [4.78, 5) is 130. The number of likely N-dealkylation sites (N-methyl/N-ethyl adjacent to an activating group) is 1. The van der Waals surface area contributed by atoms with Crippen LogP contribution in [0.4, 0.5) is 20.1 Å². The van der Waals surface area contributed by atoms with Gasteiger partial charge in [0, 0.05) is 74.9 Å². The normalized spacial score (nSPS) is 28.6. The molecule has 2 aromatic rings. The number of halogens is 1. The number of aliphatic hydroxyl groups excluding tert-OH is 4. The number of alkyl carbamates (subject to hydrolysis) is 1. The Morgan fingerprint density at radius 1 is 0.791 bits per heavy atom. The number of thioether (sulfide) groups is 1. The summed E-state index contributed by atoms with van der Waals surface area (Å²) in [5.41, 5.74) is 12.6. The number of urea groups is 1. The smallest absolute Gasteiger partial charge is 0.411 e. The minimum Gasteiger partial charge on any atom is -0.492 e. The van der Waals surface area contributed by atoms with Gasteiger partial charge in [0.05, 0.1) is 97.0 Å². The Kier molecular flexibility index (Phi) is 41.0. The first-order chi connectivity index (χ1) is 61.6. The summed E-state index contributed by atoms with van der Waals surface area (Å²) < 4.78 is 79.8. The molecular formula is C86H122IN11O28S3. The molecule has 5 aliphatic heterocycles. The number of Topliss-reactive ketones (excluding diaryl/α,β-unsaturated/α-hetero) is 1. The van der Waals surface area contributed by atoms with Crippen molar-refractivity contribution in [3.05, 3.63) is 79.6 Å². The molecule has 22 atom stereocenters. The number of hydrogen-bond donors (Lipinski definition) is 15. The molecule has 17 N–H and O–H groups in total. The number of anilines is 1. The van der Waals surface area contributed by atoms with Crippen LogP contribution in [0, 0.1) is 40.1 Å². The van der Waals surface area contributed by atoms with Gasteiger partial charge in [-0.1, -0.05) is 89.1 Å². The molecule has 8 amide bonds. The van der Waals surface area contributed by atoms with Gasteiger partial charge in [-0.3, -0.25) is 38.9 Å². The maximum atomic E-state index is 14.7. The molecule has 0 spiro atoms. The van der Waals surface area contributed by atoms with Crippen LogP contribution >= 0.6 is 55.9 Å². The number of methoxy groups -OCH3 is 5. The molecule has 2 aromatic carbocycles. The number of primary amides is 1. The molecule has 5 heterocycles. The number of unbranched alkanes of at least 4 members (excludes halogenated alkanes) is 1. The maximum absolute atomic E-state index is 14.7. The Balaban J connectivity index is 0.923. The van der Waals surface area contributed by atoms with E-state index in [0.717, 1.165) is 44.8 Å². The van der Waals surface area contributed by atoms with Crippen LogP contribution in [0.2, 0.25) is 0 Å². The van der Waals surface area contributed by atoms with Gasteiger partial charge in [0.25, 0.3) is 0 Å². The predicted molar refractivity (Wildman–Crippen MR) is 482 cm³/mol. The fourth-order valence-electron chi connectivity index (χ4n) is 15.8. The van der Waals surface area contributed by atoms with Gasteiger partial charge in [-0.2, -0.15) is 5.48 Å². The van der Waals surface area contributed by atoms with Gasteiger partial charge in [0.15, 0.2) is 41.8 Å². The molecule has 0 saturated carbocycles. The zero-order chi connectivity index (χ0) is 94.1. The first-order valence-electron chi connectivity index (χ1n) is 42.7. The molecular weight excluding hydrogens is 1860 g/mol. The molecule has 7 aliphatic rings. The lowest BCUT2D eigenvalue weighted by Gasteiger charge is -2.47. The quantitative estimate of drug-likeness (QED) is 0.0149. The third kappa shape index (κ3) is 28.0. The third-order valence-electron chi connectivity index (χ3n) is 22.7. The topological polar surface area (TPSA) is 536 Å². The number of amides is 8. The Labute approximate surface area is 775 Å². The minimum absolute atomic E-state index is 0.00772. The van der Waals surface area contributed by atoms with Crippen LogP contribution in [0.1, 0.15) is 134 Å². The monoisotopic (exact) mass is 1980 g/mol. The van der Waals surface area contributed by atoms with Crippen LogP contribution in [0.3, 0.4) is 0 Å². The van der Waals surface area contributed by atoms with E-state index in [2.05, 4.69) is 66.4 Å². The van der Waals surface area contributed by atoms with E-state index < -0.39 is 198 Å². The highest BCUT2D eigenvalue weighted by atomic mass is 127. The van der Waals surface area contributed by atoms with E-state index in [0.29, 0.717) is 45.0 Å². The number of nitrogens with two attached hydrogens (primary N) is 2.